The molecule has 18 heavy (non-hydrogen) atoms. The Balaban J connectivity index is 2.01. The molecule has 2 rings (SSSR count). The maximum absolute atomic E-state index is 11.8. The molecule has 2 aromatic heterocycles. The molecule has 0 aliphatic heterocycles. The Labute approximate surface area is 103 Å². The van der Waals surface area contributed by atoms with Gasteiger partial charge in [-0.1, -0.05) is 12.1 Å². The van der Waals surface area contributed by atoms with Crippen LogP contribution in [0.2, 0.25) is 0 Å². The molecule has 4 N–H and O–H groups in total. The maximum Gasteiger partial charge on any atom is 0.274 e. The second-order valence-electron chi connectivity index (χ2n) is 3.73. The molecule has 0 fully saturated rings. The minimum absolute atomic E-state index is 0.171. The van der Waals surface area contributed by atoms with Gasteiger partial charge in [-0.25, -0.2) is 0 Å². The van der Waals surface area contributed by atoms with Crippen molar-refractivity contribution >= 4 is 11.6 Å². The van der Waals surface area contributed by atoms with Gasteiger partial charge in [0.25, 0.3) is 5.91 Å². The Morgan fingerprint density at radius 3 is 2.89 bits per heavy atom. The van der Waals surface area contributed by atoms with Crippen molar-refractivity contribution in [3.8, 4) is 0 Å². The fourth-order valence-corrected chi connectivity index (χ4v) is 1.49. The zero-order valence-corrected chi connectivity index (χ0v) is 10.1. The van der Waals surface area contributed by atoms with Gasteiger partial charge in [-0.05, 0) is 6.42 Å². The van der Waals surface area contributed by atoms with Crippen LogP contribution in [0.15, 0.2) is 4.52 Å². The van der Waals surface area contributed by atoms with Gasteiger partial charge in [0.2, 0.25) is 5.89 Å². The summed E-state index contributed by atoms with van der Waals surface area (Å²) in [7, 11) is 0. The summed E-state index contributed by atoms with van der Waals surface area (Å²) in [4.78, 5) is 15.8. The topological polar surface area (TPSA) is 123 Å². The van der Waals surface area contributed by atoms with Crippen LogP contribution in [-0.2, 0) is 13.0 Å². The highest BCUT2D eigenvalue weighted by molar-refractivity contribution is 5.97. The lowest BCUT2D eigenvalue weighted by Crippen LogP contribution is -2.24. The number of rotatable bonds is 4. The van der Waals surface area contributed by atoms with Crippen molar-refractivity contribution in [1.82, 2.24) is 25.7 Å². The third kappa shape index (κ3) is 2.31. The number of carbonyl (C=O) groups is 1. The number of hydrogen-bond acceptors (Lipinski definition) is 6. The zero-order valence-electron chi connectivity index (χ0n) is 10.1. The molecule has 1 amide bonds. The number of aromatic nitrogens is 4. The van der Waals surface area contributed by atoms with Crippen molar-refractivity contribution < 1.29 is 9.32 Å². The van der Waals surface area contributed by atoms with Crippen LogP contribution in [0.25, 0.3) is 0 Å². The lowest BCUT2D eigenvalue weighted by Gasteiger charge is -2.00. The zero-order chi connectivity index (χ0) is 13.1. The predicted octanol–water partition coefficient (Wildman–Crippen LogP) is 0.176. The molecule has 0 aliphatic carbocycles. The first-order valence-corrected chi connectivity index (χ1v) is 5.52. The molecule has 0 spiro atoms. The van der Waals surface area contributed by atoms with Crippen LogP contribution >= 0.6 is 0 Å². The van der Waals surface area contributed by atoms with Crippen LogP contribution in [-0.4, -0.2) is 26.2 Å². The third-order valence-corrected chi connectivity index (χ3v) is 2.43. The lowest BCUT2D eigenvalue weighted by atomic mass is 10.2. The molecule has 8 nitrogen and oxygen atoms in total. The molecule has 0 aliphatic rings. The molecule has 0 unspecified atom stereocenters. The van der Waals surface area contributed by atoms with E-state index in [9.17, 15) is 4.79 Å². The van der Waals surface area contributed by atoms with E-state index >= 15 is 0 Å². The molecule has 0 radical (unpaired) electrons. The van der Waals surface area contributed by atoms with E-state index < -0.39 is 0 Å². The Morgan fingerprint density at radius 1 is 1.56 bits per heavy atom. The van der Waals surface area contributed by atoms with E-state index in [2.05, 4.69) is 25.7 Å². The van der Waals surface area contributed by atoms with E-state index in [1.54, 1.807) is 6.92 Å². The first-order valence-electron chi connectivity index (χ1n) is 5.52. The van der Waals surface area contributed by atoms with Crippen LogP contribution in [0.5, 0.6) is 0 Å². The largest absolute Gasteiger partial charge is 0.395 e. The summed E-state index contributed by atoms with van der Waals surface area (Å²) in [6.45, 7) is 3.77. The van der Waals surface area contributed by atoms with Gasteiger partial charge < -0.3 is 15.6 Å². The van der Waals surface area contributed by atoms with Crippen molar-refractivity contribution in [3.05, 3.63) is 23.1 Å². The molecule has 0 aromatic carbocycles. The number of nitrogens with one attached hydrogen (secondary N) is 2. The number of aromatic amines is 1. The molecule has 2 aromatic rings. The number of H-pyrrole nitrogens is 1. The second kappa shape index (κ2) is 4.86. The highest BCUT2D eigenvalue weighted by atomic mass is 16.5. The number of anilines is 1. The van der Waals surface area contributed by atoms with Crippen molar-refractivity contribution in [2.24, 2.45) is 0 Å². The minimum Gasteiger partial charge on any atom is -0.395 e. The standard InChI is InChI=1S/C10H14N6O2/c1-3-6-8(11)9(15-14-6)10(17)12-4-7-13-5(2)18-16-7/h3-4,11H2,1-2H3,(H,12,17)(H,14,15). The summed E-state index contributed by atoms with van der Waals surface area (Å²) < 4.78 is 4.79. The quantitative estimate of drug-likeness (QED) is 0.711. The molecule has 0 saturated heterocycles. The number of carbonyl (C=O) groups excluding carboxylic acids is 1. The van der Waals surface area contributed by atoms with Gasteiger partial charge in [-0.2, -0.15) is 10.1 Å². The normalized spacial score (nSPS) is 10.6. The molecule has 0 saturated carbocycles. The Kier molecular flexibility index (Phi) is 3.26. The van der Waals surface area contributed by atoms with Crippen molar-refractivity contribution in [1.29, 1.82) is 0 Å². The second-order valence-corrected chi connectivity index (χ2v) is 3.73. The summed E-state index contributed by atoms with van der Waals surface area (Å²) in [5.41, 5.74) is 7.09. The Morgan fingerprint density at radius 2 is 2.33 bits per heavy atom. The van der Waals surface area contributed by atoms with E-state index in [-0.39, 0.29) is 18.1 Å². The van der Waals surface area contributed by atoms with Gasteiger partial charge >= 0.3 is 0 Å². The number of nitrogens with two attached hydrogens (primary N) is 1. The first kappa shape index (κ1) is 12.1. The van der Waals surface area contributed by atoms with E-state index in [0.29, 0.717) is 23.8 Å². The van der Waals surface area contributed by atoms with Crippen LogP contribution in [0.3, 0.4) is 0 Å². The monoisotopic (exact) mass is 250 g/mol. The van der Waals surface area contributed by atoms with E-state index in [1.807, 2.05) is 6.92 Å². The van der Waals surface area contributed by atoms with Crippen LogP contribution in [0.1, 0.15) is 34.8 Å². The molecule has 8 heteroatoms. The number of aryl methyl sites for hydroxylation is 2. The molecular weight excluding hydrogens is 236 g/mol. The first-order chi connectivity index (χ1) is 8.61. The van der Waals surface area contributed by atoms with E-state index in [0.717, 1.165) is 5.69 Å². The van der Waals surface area contributed by atoms with Crippen LogP contribution in [0.4, 0.5) is 5.69 Å². The molecule has 96 valence electrons. The number of nitrogens with zero attached hydrogens (tertiary/aromatic N) is 3. The van der Waals surface area contributed by atoms with Gasteiger partial charge in [0.15, 0.2) is 11.5 Å². The third-order valence-electron chi connectivity index (χ3n) is 2.43. The molecule has 0 bridgehead atoms. The molecule has 0 atom stereocenters. The van der Waals surface area contributed by atoms with Crippen molar-refractivity contribution in [2.75, 3.05) is 5.73 Å². The fourth-order valence-electron chi connectivity index (χ4n) is 1.49. The Bertz CT molecular complexity index is 558. The van der Waals surface area contributed by atoms with E-state index in [1.165, 1.54) is 0 Å². The lowest BCUT2D eigenvalue weighted by molar-refractivity contribution is 0.0945. The summed E-state index contributed by atoms with van der Waals surface area (Å²) in [6, 6.07) is 0. The Hall–Kier alpha value is -2.38. The van der Waals surface area contributed by atoms with Gasteiger partial charge in [0, 0.05) is 6.92 Å². The molecular formula is C10H14N6O2. The van der Waals surface area contributed by atoms with Crippen LogP contribution in [0, 0.1) is 6.92 Å². The van der Waals surface area contributed by atoms with Crippen LogP contribution < -0.4 is 11.1 Å². The highest BCUT2D eigenvalue weighted by Crippen LogP contribution is 2.14. The number of nitrogen functional groups attached to an aromatic ring is 1. The smallest absolute Gasteiger partial charge is 0.274 e. The predicted molar refractivity (Wildman–Crippen MR) is 62.6 cm³/mol. The van der Waals surface area contributed by atoms with Crippen molar-refractivity contribution in [2.45, 2.75) is 26.8 Å². The average molecular weight is 250 g/mol. The fraction of sp³-hybridized carbons (Fsp3) is 0.400. The summed E-state index contributed by atoms with van der Waals surface area (Å²) in [5, 5.41) is 12.9. The number of hydrogen-bond donors (Lipinski definition) is 3. The number of amides is 1. The highest BCUT2D eigenvalue weighted by Gasteiger charge is 2.16. The maximum atomic E-state index is 11.8. The van der Waals surface area contributed by atoms with Gasteiger partial charge in [-0.15, -0.1) is 0 Å². The summed E-state index contributed by atoms with van der Waals surface area (Å²) >= 11 is 0. The molecule has 2 heterocycles. The minimum atomic E-state index is -0.370. The van der Waals surface area contributed by atoms with Gasteiger partial charge in [-0.3, -0.25) is 9.89 Å². The van der Waals surface area contributed by atoms with Gasteiger partial charge in [0.1, 0.15) is 0 Å². The summed E-state index contributed by atoms with van der Waals surface area (Å²) in [6.07, 6.45) is 0.691. The summed E-state index contributed by atoms with van der Waals surface area (Å²) in [5.74, 6) is 0.489. The van der Waals surface area contributed by atoms with Crippen molar-refractivity contribution in [3.63, 3.8) is 0 Å². The van der Waals surface area contributed by atoms with Gasteiger partial charge in [0.05, 0.1) is 17.9 Å². The average Bonchev–Trinajstić information content (AvgIpc) is 2.92. The SMILES string of the molecule is CCc1[nH]nc(C(=O)NCc2noc(C)n2)c1N. The van der Waals surface area contributed by atoms with E-state index in [4.69, 9.17) is 10.3 Å².